The second-order valence-electron chi connectivity index (χ2n) is 8.05. The molecule has 1 saturated carbocycles. The van der Waals surface area contributed by atoms with Crippen LogP contribution >= 0.6 is 11.3 Å². The molecule has 1 aliphatic rings. The highest BCUT2D eigenvalue weighted by atomic mass is 32.1. The van der Waals surface area contributed by atoms with Crippen molar-refractivity contribution in [2.45, 2.75) is 38.1 Å². The zero-order chi connectivity index (χ0) is 23.9. The summed E-state index contributed by atoms with van der Waals surface area (Å²) in [6.07, 6.45) is 7.74. The van der Waals surface area contributed by atoms with Gasteiger partial charge in [0, 0.05) is 16.5 Å². The molecule has 0 spiro atoms. The minimum atomic E-state index is 0.320. The second kappa shape index (κ2) is 11.2. The summed E-state index contributed by atoms with van der Waals surface area (Å²) < 4.78 is 23.9. The fraction of sp³-hybridized carbons (Fsp3) is 0.385. The molecule has 0 bridgehead atoms. The Bertz CT molecular complexity index is 1210. The molecule has 1 heterocycles. The quantitative estimate of drug-likeness (QED) is 0.406. The van der Waals surface area contributed by atoms with Crippen molar-refractivity contribution in [3.63, 3.8) is 0 Å². The lowest BCUT2D eigenvalue weighted by atomic mass is 9.96. The van der Waals surface area contributed by atoms with Gasteiger partial charge in [-0.3, -0.25) is 4.99 Å². The smallest absolute Gasteiger partial charge is 0.206 e. The minimum absolute atomic E-state index is 0.320. The summed E-state index contributed by atoms with van der Waals surface area (Å²) in [4.78, 5) is 5.94. The SMILES string of the molecule is COc1ccc(OC)c(C=Nn2c(-c3cc(OC)ccc3OC)csc2=NC2CCCCC2)c1. The Balaban J connectivity index is 1.85. The fourth-order valence-electron chi connectivity index (χ4n) is 4.13. The summed E-state index contributed by atoms with van der Waals surface area (Å²) in [5.74, 6) is 2.94. The van der Waals surface area contributed by atoms with Crippen LogP contribution in [0.4, 0.5) is 0 Å². The number of hydrogen-bond acceptors (Lipinski definition) is 7. The molecule has 0 saturated heterocycles. The average molecular weight is 482 g/mol. The van der Waals surface area contributed by atoms with Crippen molar-refractivity contribution in [3.05, 3.63) is 52.1 Å². The Labute approximate surface area is 204 Å². The molecular formula is C26H31N3O4S. The molecule has 1 aliphatic carbocycles. The largest absolute Gasteiger partial charge is 0.497 e. The number of ether oxygens (including phenoxy) is 4. The third-order valence-corrected chi connectivity index (χ3v) is 6.82. The molecule has 0 amide bonds. The van der Waals surface area contributed by atoms with Crippen LogP contribution < -0.4 is 23.7 Å². The van der Waals surface area contributed by atoms with E-state index in [9.17, 15) is 0 Å². The number of hydrogen-bond donors (Lipinski definition) is 0. The van der Waals surface area contributed by atoms with E-state index in [0.29, 0.717) is 11.8 Å². The van der Waals surface area contributed by atoms with E-state index in [1.807, 2.05) is 41.1 Å². The topological polar surface area (TPSA) is 66.6 Å². The highest BCUT2D eigenvalue weighted by molar-refractivity contribution is 7.07. The monoisotopic (exact) mass is 481 g/mol. The predicted octanol–water partition coefficient (Wildman–Crippen LogP) is 5.37. The first-order valence-electron chi connectivity index (χ1n) is 11.4. The van der Waals surface area contributed by atoms with Gasteiger partial charge in [-0.25, -0.2) is 4.68 Å². The van der Waals surface area contributed by atoms with Crippen LogP contribution in [0.25, 0.3) is 11.3 Å². The van der Waals surface area contributed by atoms with E-state index >= 15 is 0 Å². The number of rotatable bonds is 8. The van der Waals surface area contributed by atoms with Gasteiger partial charge >= 0.3 is 0 Å². The van der Waals surface area contributed by atoms with Crippen LogP contribution in [-0.2, 0) is 0 Å². The lowest BCUT2D eigenvalue weighted by molar-refractivity contribution is 0.402. The van der Waals surface area contributed by atoms with Gasteiger partial charge in [0.15, 0.2) is 0 Å². The number of methoxy groups -OCH3 is 4. The van der Waals surface area contributed by atoms with E-state index in [2.05, 4.69) is 5.38 Å². The molecule has 0 unspecified atom stereocenters. The average Bonchev–Trinajstić information content (AvgIpc) is 3.29. The van der Waals surface area contributed by atoms with Gasteiger partial charge in [0.25, 0.3) is 0 Å². The summed E-state index contributed by atoms with van der Waals surface area (Å²) in [7, 11) is 6.61. The molecule has 7 nitrogen and oxygen atoms in total. The highest BCUT2D eigenvalue weighted by Gasteiger charge is 2.17. The first-order chi connectivity index (χ1) is 16.7. The van der Waals surface area contributed by atoms with Crippen molar-refractivity contribution < 1.29 is 18.9 Å². The van der Waals surface area contributed by atoms with Crippen LogP contribution in [0.2, 0.25) is 0 Å². The third-order valence-electron chi connectivity index (χ3n) is 5.98. The van der Waals surface area contributed by atoms with Crippen molar-refractivity contribution in [2.75, 3.05) is 28.4 Å². The zero-order valence-electron chi connectivity index (χ0n) is 20.1. The molecule has 0 N–H and O–H groups in total. The van der Waals surface area contributed by atoms with E-state index in [4.69, 9.17) is 29.0 Å². The summed E-state index contributed by atoms with van der Waals surface area (Å²) in [6.45, 7) is 0. The third kappa shape index (κ3) is 5.28. The van der Waals surface area contributed by atoms with Gasteiger partial charge in [-0.05, 0) is 49.2 Å². The first kappa shape index (κ1) is 23.9. The molecule has 0 atom stereocenters. The van der Waals surface area contributed by atoms with Gasteiger partial charge in [-0.1, -0.05) is 19.3 Å². The van der Waals surface area contributed by atoms with E-state index in [1.54, 1.807) is 46.0 Å². The molecule has 8 heteroatoms. The molecule has 4 rings (SSSR count). The molecule has 1 fully saturated rings. The standard InChI is InChI=1S/C26H31N3O4S/c1-30-20-10-12-24(32-3)18(14-20)16-27-29-23(22-15-21(31-2)11-13-25(22)33-4)17-34-26(29)28-19-8-6-5-7-9-19/h10-17,19H,5-9H2,1-4H3. The summed E-state index contributed by atoms with van der Waals surface area (Å²) in [5.41, 5.74) is 2.58. The Morgan fingerprint density at radius 2 is 1.53 bits per heavy atom. The van der Waals surface area contributed by atoms with E-state index in [1.165, 1.54) is 19.3 Å². The van der Waals surface area contributed by atoms with Crippen LogP contribution in [0, 0.1) is 0 Å². The normalized spacial score (nSPS) is 15.0. The Morgan fingerprint density at radius 3 is 2.21 bits per heavy atom. The predicted molar refractivity (Wildman–Crippen MR) is 136 cm³/mol. The second-order valence-corrected chi connectivity index (χ2v) is 8.89. The van der Waals surface area contributed by atoms with E-state index in [0.717, 1.165) is 51.7 Å². The number of thiazole rings is 1. The van der Waals surface area contributed by atoms with Crippen molar-refractivity contribution in [1.82, 2.24) is 4.68 Å². The van der Waals surface area contributed by atoms with Crippen LogP contribution in [-0.4, -0.2) is 45.4 Å². The van der Waals surface area contributed by atoms with Crippen LogP contribution in [0.1, 0.15) is 37.7 Å². The van der Waals surface area contributed by atoms with Gasteiger partial charge < -0.3 is 18.9 Å². The Hall–Kier alpha value is -3.26. The summed E-state index contributed by atoms with van der Waals surface area (Å²) in [6, 6.07) is 11.7. The maximum Gasteiger partial charge on any atom is 0.206 e. The molecule has 3 aromatic rings. The maximum absolute atomic E-state index is 5.66. The first-order valence-corrected chi connectivity index (χ1v) is 12.3. The minimum Gasteiger partial charge on any atom is -0.497 e. The van der Waals surface area contributed by atoms with Gasteiger partial charge in [0.1, 0.15) is 23.0 Å². The Kier molecular flexibility index (Phi) is 7.90. The molecule has 34 heavy (non-hydrogen) atoms. The lowest BCUT2D eigenvalue weighted by Gasteiger charge is -2.17. The van der Waals surface area contributed by atoms with E-state index in [-0.39, 0.29) is 0 Å². The van der Waals surface area contributed by atoms with Crippen molar-refractivity contribution in [3.8, 4) is 34.3 Å². The van der Waals surface area contributed by atoms with Gasteiger partial charge in [0.05, 0.1) is 46.4 Å². The number of nitrogens with zero attached hydrogens (tertiary/aromatic N) is 3. The summed E-state index contributed by atoms with van der Waals surface area (Å²) >= 11 is 1.58. The molecule has 0 aliphatic heterocycles. The van der Waals surface area contributed by atoms with Gasteiger partial charge in [-0.2, -0.15) is 5.10 Å². The van der Waals surface area contributed by atoms with Crippen LogP contribution in [0.3, 0.4) is 0 Å². The van der Waals surface area contributed by atoms with Gasteiger partial charge in [0.2, 0.25) is 4.80 Å². The molecular weight excluding hydrogens is 450 g/mol. The Morgan fingerprint density at radius 1 is 0.853 bits per heavy atom. The van der Waals surface area contributed by atoms with Crippen LogP contribution in [0.15, 0.2) is 51.9 Å². The van der Waals surface area contributed by atoms with Crippen LogP contribution in [0.5, 0.6) is 23.0 Å². The fourth-order valence-corrected chi connectivity index (χ4v) is 5.03. The van der Waals surface area contributed by atoms with Crippen molar-refractivity contribution in [2.24, 2.45) is 10.1 Å². The van der Waals surface area contributed by atoms with Crippen molar-refractivity contribution in [1.29, 1.82) is 0 Å². The molecule has 2 aromatic carbocycles. The molecule has 180 valence electrons. The number of aromatic nitrogens is 1. The zero-order valence-corrected chi connectivity index (χ0v) is 20.9. The van der Waals surface area contributed by atoms with Crippen molar-refractivity contribution >= 4 is 17.6 Å². The van der Waals surface area contributed by atoms with E-state index < -0.39 is 0 Å². The number of benzene rings is 2. The molecule has 0 radical (unpaired) electrons. The highest BCUT2D eigenvalue weighted by Crippen LogP contribution is 2.34. The lowest BCUT2D eigenvalue weighted by Crippen LogP contribution is -2.19. The van der Waals surface area contributed by atoms with Gasteiger partial charge in [-0.15, -0.1) is 11.3 Å². The molecule has 1 aromatic heterocycles. The maximum atomic E-state index is 5.66. The summed E-state index contributed by atoms with van der Waals surface area (Å²) in [5, 5.41) is 6.94.